The quantitative estimate of drug-likeness (QED) is 0.193. The maximum Gasteiger partial charge on any atom is 0.276 e. The second-order valence-electron chi connectivity index (χ2n) is 7.43. The number of nitrogens with zero attached hydrogens (tertiary/aromatic N) is 3. The molecule has 11 heteroatoms. The maximum absolute atomic E-state index is 12.7. The van der Waals surface area contributed by atoms with Crippen molar-refractivity contribution in [3.05, 3.63) is 104 Å². The monoisotopic (exact) mass is 556 g/mol. The number of aryl methyl sites for hydroxylation is 1. The Hall–Kier alpha value is -3.89. The minimum absolute atomic E-state index is 0.0277. The number of nitro benzene ring substituents is 1. The van der Waals surface area contributed by atoms with Gasteiger partial charge in [0, 0.05) is 22.8 Å². The van der Waals surface area contributed by atoms with Crippen molar-refractivity contribution in [2.75, 3.05) is 5.32 Å². The van der Waals surface area contributed by atoms with Crippen LogP contribution in [-0.4, -0.2) is 20.6 Å². The molecule has 0 bridgehead atoms. The van der Waals surface area contributed by atoms with E-state index in [9.17, 15) is 14.9 Å². The lowest BCUT2D eigenvalue weighted by Crippen LogP contribution is -2.14. The summed E-state index contributed by atoms with van der Waals surface area (Å²) in [5.41, 5.74) is 1.04. The maximum atomic E-state index is 12.7. The number of carbonyl (C=O) groups is 1. The van der Waals surface area contributed by atoms with Crippen LogP contribution in [-0.2, 0) is 6.73 Å². The highest BCUT2D eigenvalue weighted by molar-refractivity contribution is 9.10. The molecule has 1 heterocycles. The number of carbonyl (C=O) groups excluding carboxylic acids is 1. The van der Waals surface area contributed by atoms with Gasteiger partial charge in [-0.05, 0) is 48.9 Å². The first-order valence-corrected chi connectivity index (χ1v) is 11.4. The molecule has 0 atom stereocenters. The Bertz CT molecular complexity index is 1410. The number of nitrogens with one attached hydrogen (secondary N) is 1. The first-order chi connectivity index (χ1) is 16.8. The van der Waals surface area contributed by atoms with Crippen LogP contribution >= 0.6 is 27.5 Å². The average Bonchev–Trinajstić information content (AvgIpc) is 3.27. The van der Waals surface area contributed by atoms with Gasteiger partial charge < -0.3 is 14.8 Å². The van der Waals surface area contributed by atoms with Crippen molar-refractivity contribution in [1.82, 2.24) is 9.78 Å². The van der Waals surface area contributed by atoms with Gasteiger partial charge in [-0.15, -0.1) is 0 Å². The molecule has 0 saturated heterocycles. The zero-order valence-corrected chi connectivity index (χ0v) is 20.6. The molecule has 4 rings (SSSR count). The van der Waals surface area contributed by atoms with E-state index in [1.807, 2.05) is 19.1 Å². The molecule has 0 aliphatic rings. The second-order valence-corrected chi connectivity index (χ2v) is 8.76. The zero-order valence-electron chi connectivity index (χ0n) is 18.3. The van der Waals surface area contributed by atoms with Crippen molar-refractivity contribution in [2.24, 2.45) is 0 Å². The van der Waals surface area contributed by atoms with E-state index in [4.69, 9.17) is 21.1 Å². The van der Waals surface area contributed by atoms with Crippen LogP contribution < -0.4 is 14.8 Å². The van der Waals surface area contributed by atoms with E-state index in [1.54, 1.807) is 36.5 Å². The Labute approximate surface area is 213 Å². The Morgan fingerprint density at radius 3 is 2.71 bits per heavy atom. The minimum Gasteiger partial charge on any atom is -0.470 e. The normalized spacial score (nSPS) is 10.6. The molecule has 0 fully saturated rings. The molecule has 1 amide bonds. The first kappa shape index (κ1) is 24.2. The van der Waals surface area contributed by atoms with Gasteiger partial charge in [0.15, 0.2) is 12.4 Å². The van der Waals surface area contributed by atoms with Crippen LogP contribution in [0.3, 0.4) is 0 Å². The zero-order chi connectivity index (χ0) is 24.9. The lowest BCUT2D eigenvalue weighted by atomic mass is 10.2. The van der Waals surface area contributed by atoms with Gasteiger partial charge in [0.05, 0.1) is 21.7 Å². The molecular weight excluding hydrogens is 540 g/mol. The highest BCUT2D eigenvalue weighted by atomic mass is 79.9. The fourth-order valence-corrected chi connectivity index (χ4v) is 3.84. The third-order valence-electron chi connectivity index (χ3n) is 4.70. The van der Waals surface area contributed by atoms with E-state index in [1.165, 1.54) is 28.9 Å². The highest BCUT2D eigenvalue weighted by Gasteiger charge is 2.16. The number of hydrogen-bond donors (Lipinski definition) is 1. The van der Waals surface area contributed by atoms with Crippen LogP contribution in [0.5, 0.6) is 17.2 Å². The third kappa shape index (κ3) is 6.37. The molecule has 0 unspecified atom stereocenters. The average molecular weight is 558 g/mol. The summed E-state index contributed by atoms with van der Waals surface area (Å²) in [4.78, 5) is 23.6. The van der Waals surface area contributed by atoms with Crippen LogP contribution in [0.1, 0.15) is 16.1 Å². The molecule has 9 nitrogen and oxygen atoms in total. The Balaban J connectivity index is 1.46. The van der Waals surface area contributed by atoms with Gasteiger partial charge >= 0.3 is 0 Å². The molecule has 4 aromatic rings. The summed E-state index contributed by atoms with van der Waals surface area (Å²) in [6, 6.07) is 18.0. The van der Waals surface area contributed by atoms with Gasteiger partial charge in [-0.3, -0.25) is 14.9 Å². The summed E-state index contributed by atoms with van der Waals surface area (Å²) < 4.78 is 13.6. The predicted molar refractivity (Wildman–Crippen MR) is 134 cm³/mol. The molecule has 0 radical (unpaired) electrons. The molecule has 1 N–H and O–H groups in total. The van der Waals surface area contributed by atoms with Crippen LogP contribution in [0, 0.1) is 17.0 Å². The van der Waals surface area contributed by atoms with Crippen molar-refractivity contribution in [3.63, 3.8) is 0 Å². The predicted octanol–water partition coefficient (Wildman–Crippen LogP) is 6.60. The van der Waals surface area contributed by atoms with Crippen molar-refractivity contribution in [3.8, 4) is 17.2 Å². The van der Waals surface area contributed by atoms with Gasteiger partial charge in [0.2, 0.25) is 0 Å². The summed E-state index contributed by atoms with van der Waals surface area (Å²) in [6.07, 6.45) is 1.57. The number of aromatic nitrogens is 2. The van der Waals surface area contributed by atoms with Crippen molar-refractivity contribution in [1.29, 1.82) is 0 Å². The van der Waals surface area contributed by atoms with Crippen LogP contribution in [0.4, 0.5) is 11.4 Å². The number of anilines is 1. The fraction of sp³-hybridized carbons (Fsp3) is 0.0833. The van der Waals surface area contributed by atoms with Crippen molar-refractivity contribution in [2.45, 2.75) is 13.7 Å². The standard InChI is InChI=1S/C24H18BrClN4O5/c1-15-3-2-4-19(9-15)35-20-12-17(11-18(13-20)30(32)33)27-24(31)22-7-8-29(28-22)14-34-23-6-5-16(25)10-21(23)26/h2-13H,14H2,1H3,(H,27,31). The third-order valence-corrected chi connectivity index (χ3v) is 5.49. The van der Waals surface area contributed by atoms with Gasteiger partial charge in [-0.1, -0.05) is 39.7 Å². The molecule has 0 aliphatic heterocycles. The number of amides is 1. The van der Waals surface area contributed by atoms with Crippen molar-refractivity contribution < 1.29 is 19.2 Å². The van der Waals surface area contributed by atoms with Crippen LogP contribution in [0.25, 0.3) is 0 Å². The summed E-state index contributed by atoms with van der Waals surface area (Å²) in [7, 11) is 0. The Morgan fingerprint density at radius 1 is 1.14 bits per heavy atom. The number of nitro groups is 1. The highest BCUT2D eigenvalue weighted by Crippen LogP contribution is 2.30. The van der Waals surface area contributed by atoms with E-state index in [-0.39, 0.29) is 29.5 Å². The van der Waals surface area contributed by atoms with E-state index in [0.717, 1.165) is 10.0 Å². The van der Waals surface area contributed by atoms with Crippen LogP contribution in [0.15, 0.2) is 77.4 Å². The van der Waals surface area contributed by atoms with Crippen LogP contribution in [0.2, 0.25) is 5.02 Å². The van der Waals surface area contributed by atoms with E-state index >= 15 is 0 Å². The SMILES string of the molecule is Cc1cccc(Oc2cc(NC(=O)c3ccn(COc4ccc(Br)cc4Cl)n3)cc([N+](=O)[O-])c2)c1. The summed E-state index contributed by atoms with van der Waals surface area (Å²) in [5.74, 6) is 0.652. The Kier molecular flexibility index (Phi) is 7.33. The molecule has 35 heavy (non-hydrogen) atoms. The number of ether oxygens (including phenoxy) is 2. The molecule has 178 valence electrons. The number of non-ortho nitro benzene ring substituents is 1. The molecule has 0 saturated carbocycles. The van der Waals surface area contributed by atoms with Gasteiger partial charge in [0.1, 0.15) is 17.2 Å². The van der Waals surface area contributed by atoms with Gasteiger partial charge in [-0.25, -0.2) is 4.68 Å². The number of rotatable bonds is 8. The molecule has 3 aromatic carbocycles. The summed E-state index contributed by atoms with van der Waals surface area (Å²) >= 11 is 9.47. The Morgan fingerprint density at radius 2 is 1.97 bits per heavy atom. The lowest BCUT2D eigenvalue weighted by Gasteiger charge is -2.10. The molecule has 1 aromatic heterocycles. The fourth-order valence-electron chi connectivity index (χ4n) is 3.11. The summed E-state index contributed by atoms with van der Waals surface area (Å²) in [5, 5.41) is 18.6. The number of benzene rings is 3. The van der Waals surface area contributed by atoms with E-state index < -0.39 is 10.8 Å². The van der Waals surface area contributed by atoms with Crippen molar-refractivity contribution >= 4 is 44.8 Å². The van der Waals surface area contributed by atoms with Gasteiger partial charge in [0.25, 0.3) is 11.6 Å². The van der Waals surface area contributed by atoms with Gasteiger partial charge in [-0.2, -0.15) is 5.10 Å². The largest absolute Gasteiger partial charge is 0.470 e. The summed E-state index contributed by atoms with van der Waals surface area (Å²) in [6.45, 7) is 1.93. The van der Waals surface area contributed by atoms with E-state index in [0.29, 0.717) is 16.5 Å². The number of hydrogen-bond acceptors (Lipinski definition) is 6. The second kappa shape index (κ2) is 10.6. The first-order valence-electron chi connectivity index (χ1n) is 10.2. The molecule has 0 aliphatic carbocycles. The minimum atomic E-state index is -0.557. The number of halogens is 2. The lowest BCUT2D eigenvalue weighted by molar-refractivity contribution is -0.384. The molecule has 0 spiro atoms. The molecular formula is C24H18BrClN4O5. The smallest absolute Gasteiger partial charge is 0.276 e. The topological polar surface area (TPSA) is 109 Å². The van der Waals surface area contributed by atoms with E-state index in [2.05, 4.69) is 26.3 Å².